The van der Waals surface area contributed by atoms with E-state index in [0.29, 0.717) is 35.3 Å². The summed E-state index contributed by atoms with van der Waals surface area (Å²) in [7, 11) is 0. The molecule has 3 aromatic rings. The molecule has 2 fully saturated rings. The number of carbonyl (C=O) groups excluding carboxylic acids is 3. The first kappa shape index (κ1) is 25.3. The summed E-state index contributed by atoms with van der Waals surface area (Å²) in [4.78, 5) is 44.4. The molecule has 37 heavy (non-hydrogen) atoms. The Morgan fingerprint density at radius 1 is 1.14 bits per heavy atom. The number of para-hydroxylation sites is 2. The maximum Gasteiger partial charge on any atom is 0.410 e. The number of anilines is 2. The molecule has 9 nitrogen and oxygen atoms in total. The van der Waals surface area contributed by atoms with Gasteiger partial charge in [-0.25, -0.2) is 9.78 Å². The summed E-state index contributed by atoms with van der Waals surface area (Å²) >= 11 is 1.24. The lowest BCUT2D eigenvalue weighted by Crippen LogP contribution is -2.43. The molecule has 2 aliphatic rings. The van der Waals surface area contributed by atoms with Crippen molar-refractivity contribution in [2.45, 2.75) is 65.0 Å². The molecule has 0 atom stereocenters. The van der Waals surface area contributed by atoms with E-state index in [1.165, 1.54) is 11.3 Å². The number of nitrogens with zero attached hydrogens (tertiary/aromatic N) is 3. The molecule has 0 unspecified atom stereocenters. The second-order valence-corrected chi connectivity index (χ2v) is 12.1. The van der Waals surface area contributed by atoms with Crippen molar-refractivity contribution in [3.8, 4) is 0 Å². The Balaban J connectivity index is 1.31. The molecule has 196 valence electrons. The van der Waals surface area contributed by atoms with Gasteiger partial charge in [-0.1, -0.05) is 19.1 Å². The van der Waals surface area contributed by atoms with Crippen molar-refractivity contribution in [3.63, 3.8) is 0 Å². The number of fused-ring (bicyclic) bond motifs is 1. The van der Waals surface area contributed by atoms with Crippen LogP contribution in [0.4, 0.5) is 15.7 Å². The second kappa shape index (κ2) is 9.48. The molecule has 1 saturated carbocycles. The Bertz CT molecular complexity index is 1350. The molecule has 1 spiro atoms. The van der Waals surface area contributed by atoms with Crippen LogP contribution in [-0.2, 0) is 9.53 Å². The van der Waals surface area contributed by atoms with E-state index in [-0.39, 0.29) is 29.4 Å². The quantitative estimate of drug-likeness (QED) is 0.449. The van der Waals surface area contributed by atoms with Gasteiger partial charge >= 0.3 is 6.09 Å². The minimum atomic E-state index is -0.511. The highest BCUT2D eigenvalue weighted by Gasteiger charge is 2.51. The normalized spacial score (nSPS) is 21.2. The number of aromatic nitrogens is 2. The lowest BCUT2D eigenvalue weighted by molar-refractivity contribution is -0.115. The summed E-state index contributed by atoms with van der Waals surface area (Å²) in [5, 5.41) is 6.44. The minimum absolute atomic E-state index is 0.0639. The predicted molar refractivity (Wildman–Crippen MR) is 144 cm³/mol. The third-order valence-corrected chi connectivity index (χ3v) is 8.03. The van der Waals surface area contributed by atoms with Gasteiger partial charge in [-0.05, 0) is 69.7 Å². The maximum atomic E-state index is 13.1. The minimum Gasteiger partial charge on any atom is -0.444 e. The van der Waals surface area contributed by atoms with Crippen molar-refractivity contribution in [2.24, 2.45) is 5.41 Å². The first-order valence-electron chi connectivity index (χ1n) is 12.7. The Morgan fingerprint density at radius 3 is 2.62 bits per heavy atom. The van der Waals surface area contributed by atoms with E-state index >= 15 is 0 Å². The number of benzene rings is 1. The number of hydrogen-bond donors (Lipinski definition) is 2. The molecule has 2 N–H and O–H groups in total. The van der Waals surface area contributed by atoms with Gasteiger partial charge in [-0.3, -0.25) is 14.9 Å². The number of hydrogen-bond acceptors (Lipinski definition) is 6. The van der Waals surface area contributed by atoms with Gasteiger partial charge in [-0.15, -0.1) is 11.3 Å². The molecule has 0 radical (unpaired) electrons. The fourth-order valence-electron chi connectivity index (χ4n) is 5.29. The number of imidazole rings is 1. The number of carbonyl (C=O) groups is 3. The van der Waals surface area contributed by atoms with Gasteiger partial charge in [0.15, 0.2) is 0 Å². The summed E-state index contributed by atoms with van der Waals surface area (Å²) in [6, 6.07) is 11.5. The average molecular weight is 524 g/mol. The summed E-state index contributed by atoms with van der Waals surface area (Å²) < 4.78 is 7.70. The lowest BCUT2D eigenvalue weighted by Gasteiger charge is -2.46. The van der Waals surface area contributed by atoms with E-state index in [1.807, 2.05) is 49.9 Å². The van der Waals surface area contributed by atoms with Gasteiger partial charge in [0.25, 0.3) is 5.91 Å². The van der Waals surface area contributed by atoms with Crippen LogP contribution in [0.5, 0.6) is 0 Å². The Kier molecular flexibility index (Phi) is 6.47. The topological polar surface area (TPSA) is 106 Å². The summed E-state index contributed by atoms with van der Waals surface area (Å²) in [6.07, 6.45) is 2.88. The average Bonchev–Trinajstić information content (AvgIpc) is 3.53. The van der Waals surface area contributed by atoms with Crippen LogP contribution < -0.4 is 10.6 Å². The van der Waals surface area contributed by atoms with E-state index in [0.717, 1.165) is 30.3 Å². The summed E-state index contributed by atoms with van der Waals surface area (Å²) in [6.45, 7) is 8.82. The monoisotopic (exact) mass is 523 g/mol. The Morgan fingerprint density at radius 2 is 1.89 bits per heavy atom. The fourth-order valence-corrected chi connectivity index (χ4v) is 6.11. The van der Waals surface area contributed by atoms with Crippen molar-refractivity contribution in [1.82, 2.24) is 14.5 Å². The maximum absolute atomic E-state index is 13.1. The van der Waals surface area contributed by atoms with Gasteiger partial charge in [0.05, 0.1) is 20.9 Å². The molecule has 1 aromatic carbocycles. The highest BCUT2D eigenvalue weighted by molar-refractivity contribution is 7.18. The smallest absolute Gasteiger partial charge is 0.410 e. The molecular weight excluding hydrogens is 490 g/mol. The molecule has 1 aliphatic heterocycles. The van der Waals surface area contributed by atoms with Crippen LogP contribution in [0.1, 0.15) is 69.1 Å². The predicted octanol–water partition coefficient (Wildman–Crippen LogP) is 5.66. The van der Waals surface area contributed by atoms with E-state index in [9.17, 15) is 14.4 Å². The molecule has 3 heterocycles. The van der Waals surface area contributed by atoms with Crippen LogP contribution in [-0.4, -0.2) is 51.0 Å². The number of likely N-dealkylation sites (tertiary alicyclic amines) is 1. The number of amides is 3. The molecule has 0 bridgehead atoms. The summed E-state index contributed by atoms with van der Waals surface area (Å²) in [5.41, 5.74) is 1.35. The molecule has 5 rings (SSSR count). The fraction of sp³-hybridized carbons (Fsp3) is 0.481. The zero-order valence-electron chi connectivity index (χ0n) is 21.7. The van der Waals surface area contributed by atoms with Gasteiger partial charge in [0.2, 0.25) is 11.9 Å². The van der Waals surface area contributed by atoms with E-state index in [4.69, 9.17) is 9.72 Å². The van der Waals surface area contributed by atoms with Crippen molar-refractivity contribution in [1.29, 1.82) is 0 Å². The SMILES string of the molecule is CCC(=O)Nc1ccc(C(=O)Nc2nc3ccccc3n2[C@H]2C[C@@]3(CCN(C(=O)OC(C)(C)C)C3)C2)s1. The van der Waals surface area contributed by atoms with E-state index in [2.05, 4.69) is 15.2 Å². The second-order valence-electron chi connectivity index (χ2n) is 11.0. The molecule has 2 aromatic heterocycles. The van der Waals surface area contributed by atoms with E-state index < -0.39 is 5.60 Å². The van der Waals surface area contributed by atoms with Crippen LogP contribution >= 0.6 is 11.3 Å². The van der Waals surface area contributed by atoms with Gasteiger partial charge in [-0.2, -0.15) is 0 Å². The van der Waals surface area contributed by atoms with Crippen LogP contribution in [0.3, 0.4) is 0 Å². The largest absolute Gasteiger partial charge is 0.444 e. The highest BCUT2D eigenvalue weighted by Crippen LogP contribution is 2.55. The zero-order chi connectivity index (χ0) is 26.4. The molecule has 10 heteroatoms. The van der Waals surface area contributed by atoms with Crippen LogP contribution in [0.2, 0.25) is 0 Å². The van der Waals surface area contributed by atoms with E-state index in [1.54, 1.807) is 19.1 Å². The van der Waals surface area contributed by atoms with Gasteiger partial charge in [0, 0.05) is 25.6 Å². The van der Waals surface area contributed by atoms with Crippen molar-refractivity contribution < 1.29 is 19.1 Å². The third kappa shape index (κ3) is 5.20. The van der Waals surface area contributed by atoms with Crippen molar-refractivity contribution >= 4 is 51.2 Å². The first-order chi connectivity index (χ1) is 17.6. The first-order valence-corrected chi connectivity index (χ1v) is 13.5. The van der Waals surface area contributed by atoms with Gasteiger partial charge < -0.3 is 19.5 Å². The number of ether oxygens (including phenoxy) is 1. The highest BCUT2D eigenvalue weighted by atomic mass is 32.1. The van der Waals surface area contributed by atoms with Crippen LogP contribution in [0, 0.1) is 5.41 Å². The van der Waals surface area contributed by atoms with Crippen LogP contribution in [0.15, 0.2) is 36.4 Å². The molecule has 1 saturated heterocycles. The molecule has 1 aliphatic carbocycles. The standard InChI is InChI=1S/C27H33N5O4S/c1-5-21(33)29-22-11-10-20(37-22)23(34)30-24-28-18-8-6-7-9-19(18)32(24)17-14-27(15-17)12-13-31(16-27)25(35)36-26(2,3)4/h6-11,17H,5,12-16H2,1-4H3,(H,29,33)(H,28,30,34)/t17-,27-. The lowest BCUT2D eigenvalue weighted by atomic mass is 9.65. The van der Waals surface area contributed by atoms with Crippen molar-refractivity contribution in [3.05, 3.63) is 41.3 Å². The van der Waals surface area contributed by atoms with Gasteiger partial charge in [0.1, 0.15) is 5.60 Å². The summed E-state index contributed by atoms with van der Waals surface area (Å²) in [5.74, 6) is 0.164. The van der Waals surface area contributed by atoms with Crippen molar-refractivity contribution in [2.75, 3.05) is 23.7 Å². The Labute approximate surface area is 220 Å². The number of rotatable bonds is 5. The number of thiophene rings is 1. The Hall–Kier alpha value is -3.40. The zero-order valence-corrected chi connectivity index (χ0v) is 22.5. The molecule has 3 amide bonds. The van der Waals surface area contributed by atoms with Crippen LogP contribution in [0.25, 0.3) is 11.0 Å². The third-order valence-electron chi connectivity index (χ3n) is 7.03. The molecular formula is C27H33N5O4S. The number of nitrogens with one attached hydrogen (secondary N) is 2.